The largest absolute Gasteiger partial charge is 0.493 e. The van der Waals surface area contributed by atoms with Crippen molar-refractivity contribution in [3.05, 3.63) is 42.4 Å². The minimum absolute atomic E-state index is 0.00819. The van der Waals surface area contributed by atoms with Gasteiger partial charge in [-0.25, -0.2) is 4.98 Å². The highest BCUT2D eigenvalue weighted by molar-refractivity contribution is 5.79. The van der Waals surface area contributed by atoms with Crippen LogP contribution in [0.4, 0.5) is 5.82 Å². The molecule has 1 atom stereocenters. The molecule has 28 heavy (non-hydrogen) atoms. The lowest BCUT2D eigenvalue weighted by molar-refractivity contribution is -0.134. The number of benzene rings is 1. The summed E-state index contributed by atoms with van der Waals surface area (Å²) in [6, 6.07) is 5.87. The second kappa shape index (κ2) is 9.39. The number of rotatable bonds is 7. The molecule has 2 heterocycles. The molecule has 150 valence electrons. The van der Waals surface area contributed by atoms with E-state index in [1.165, 1.54) is 0 Å². The average molecular weight is 384 g/mol. The van der Waals surface area contributed by atoms with Crippen molar-refractivity contribution in [1.29, 1.82) is 0 Å². The molecule has 0 spiro atoms. The van der Waals surface area contributed by atoms with Crippen LogP contribution >= 0.6 is 0 Å². The Labute approximate surface area is 166 Å². The van der Waals surface area contributed by atoms with Crippen molar-refractivity contribution < 1.29 is 14.3 Å². The van der Waals surface area contributed by atoms with Crippen LogP contribution in [0.15, 0.2) is 36.8 Å². The van der Waals surface area contributed by atoms with Gasteiger partial charge >= 0.3 is 0 Å². The molecule has 0 aliphatic carbocycles. The lowest BCUT2D eigenvalue weighted by Gasteiger charge is -2.34. The predicted octanol–water partition coefficient (Wildman–Crippen LogP) is 2.41. The van der Waals surface area contributed by atoms with Crippen molar-refractivity contribution in [2.45, 2.75) is 19.3 Å². The van der Waals surface area contributed by atoms with Crippen molar-refractivity contribution in [2.24, 2.45) is 5.92 Å². The van der Waals surface area contributed by atoms with Crippen molar-refractivity contribution >= 4 is 11.7 Å². The highest BCUT2D eigenvalue weighted by Gasteiger charge is 2.28. The molecule has 0 radical (unpaired) electrons. The molecule has 1 unspecified atom stereocenters. The van der Waals surface area contributed by atoms with E-state index in [2.05, 4.69) is 14.9 Å². The van der Waals surface area contributed by atoms with E-state index in [1.54, 1.807) is 32.8 Å². The summed E-state index contributed by atoms with van der Waals surface area (Å²) < 4.78 is 10.6. The molecule has 1 aliphatic rings. The van der Waals surface area contributed by atoms with Gasteiger partial charge in [0, 0.05) is 39.1 Å². The van der Waals surface area contributed by atoms with E-state index in [1.807, 2.05) is 30.1 Å². The van der Waals surface area contributed by atoms with Crippen molar-refractivity contribution in [3.8, 4) is 11.5 Å². The molecule has 0 bridgehead atoms. The van der Waals surface area contributed by atoms with E-state index in [4.69, 9.17) is 9.47 Å². The molecule has 1 aromatic heterocycles. The maximum atomic E-state index is 12.9. The number of hydrogen-bond donors (Lipinski definition) is 0. The summed E-state index contributed by atoms with van der Waals surface area (Å²) in [4.78, 5) is 25.4. The molecular weight excluding hydrogens is 356 g/mol. The molecular formula is C21H28N4O3. The minimum atomic E-state index is -0.00819. The van der Waals surface area contributed by atoms with Crippen LogP contribution in [0, 0.1) is 5.92 Å². The molecule has 1 aliphatic heterocycles. The number of hydrogen-bond acceptors (Lipinski definition) is 6. The molecule has 1 saturated heterocycles. The van der Waals surface area contributed by atoms with Gasteiger partial charge in [-0.1, -0.05) is 6.07 Å². The summed E-state index contributed by atoms with van der Waals surface area (Å²) in [6.07, 6.45) is 7.78. The standard InChI is InChI=1S/C21H28N4O3/c1-24(12-8-16-6-7-18(27-2)19(13-16)28-3)21(26)17-5-4-11-25(15-17)20-14-22-9-10-23-20/h6-7,9-10,13-14,17H,4-5,8,11-12,15H2,1-3H3. The summed E-state index contributed by atoms with van der Waals surface area (Å²) in [6.45, 7) is 2.27. The summed E-state index contributed by atoms with van der Waals surface area (Å²) in [5.74, 6) is 2.44. The zero-order chi connectivity index (χ0) is 19.9. The van der Waals surface area contributed by atoms with E-state index in [9.17, 15) is 4.79 Å². The van der Waals surface area contributed by atoms with E-state index >= 15 is 0 Å². The zero-order valence-electron chi connectivity index (χ0n) is 16.8. The van der Waals surface area contributed by atoms with Gasteiger partial charge in [-0.15, -0.1) is 0 Å². The van der Waals surface area contributed by atoms with E-state index in [-0.39, 0.29) is 11.8 Å². The van der Waals surface area contributed by atoms with Gasteiger partial charge in [-0.3, -0.25) is 9.78 Å². The Hall–Kier alpha value is -2.83. The van der Waals surface area contributed by atoms with Crippen LogP contribution in [0.1, 0.15) is 18.4 Å². The van der Waals surface area contributed by atoms with Gasteiger partial charge in [0.1, 0.15) is 5.82 Å². The van der Waals surface area contributed by atoms with Crippen LogP contribution in [0.25, 0.3) is 0 Å². The number of aromatic nitrogens is 2. The predicted molar refractivity (Wildman–Crippen MR) is 108 cm³/mol. The third-order valence-corrected chi connectivity index (χ3v) is 5.20. The minimum Gasteiger partial charge on any atom is -0.493 e. The number of methoxy groups -OCH3 is 2. The van der Waals surface area contributed by atoms with Gasteiger partial charge in [0.05, 0.1) is 26.3 Å². The third kappa shape index (κ3) is 4.71. The number of carbonyl (C=O) groups is 1. The van der Waals surface area contributed by atoms with Crippen molar-refractivity contribution in [2.75, 3.05) is 45.8 Å². The smallest absolute Gasteiger partial charge is 0.227 e. The van der Waals surface area contributed by atoms with Crippen LogP contribution < -0.4 is 14.4 Å². The number of likely N-dealkylation sites (N-methyl/N-ethyl adjacent to an activating group) is 1. The molecule has 1 fully saturated rings. The molecule has 1 aromatic carbocycles. The van der Waals surface area contributed by atoms with Gasteiger partial charge in [0.25, 0.3) is 0 Å². The van der Waals surface area contributed by atoms with Gasteiger partial charge in [0.2, 0.25) is 5.91 Å². The monoisotopic (exact) mass is 384 g/mol. The van der Waals surface area contributed by atoms with E-state index < -0.39 is 0 Å². The number of amides is 1. The normalized spacial score (nSPS) is 16.5. The molecule has 3 rings (SSSR count). The van der Waals surface area contributed by atoms with Crippen LogP contribution in [0.3, 0.4) is 0 Å². The maximum Gasteiger partial charge on any atom is 0.227 e. The molecule has 7 nitrogen and oxygen atoms in total. The molecule has 0 saturated carbocycles. The molecule has 2 aromatic rings. The Balaban J connectivity index is 1.57. The molecule has 0 N–H and O–H groups in total. The second-order valence-electron chi connectivity index (χ2n) is 7.05. The summed E-state index contributed by atoms with van der Waals surface area (Å²) in [5, 5.41) is 0. The van der Waals surface area contributed by atoms with Crippen molar-refractivity contribution in [1.82, 2.24) is 14.9 Å². The highest BCUT2D eigenvalue weighted by Crippen LogP contribution is 2.28. The van der Waals surface area contributed by atoms with Gasteiger partial charge in [-0.2, -0.15) is 0 Å². The first-order valence-corrected chi connectivity index (χ1v) is 9.59. The van der Waals surface area contributed by atoms with Crippen LogP contribution in [0.2, 0.25) is 0 Å². The fourth-order valence-electron chi connectivity index (χ4n) is 3.60. The number of carbonyl (C=O) groups excluding carboxylic acids is 1. The quantitative estimate of drug-likeness (QED) is 0.730. The van der Waals surface area contributed by atoms with Gasteiger partial charge < -0.3 is 19.3 Å². The fraction of sp³-hybridized carbons (Fsp3) is 0.476. The van der Waals surface area contributed by atoms with E-state index in [0.29, 0.717) is 24.6 Å². The van der Waals surface area contributed by atoms with Gasteiger partial charge in [-0.05, 0) is 37.0 Å². The fourth-order valence-corrected chi connectivity index (χ4v) is 3.60. The summed E-state index contributed by atoms with van der Waals surface area (Å²) >= 11 is 0. The van der Waals surface area contributed by atoms with Gasteiger partial charge in [0.15, 0.2) is 11.5 Å². The van der Waals surface area contributed by atoms with Crippen LogP contribution in [0.5, 0.6) is 11.5 Å². The summed E-state index contributed by atoms with van der Waals surface area (Å²) in [5.41, 5.74) is 1.11. The zero-order valence-corrected chi connectivity index (χ0v) is 16.8. The highest BCUT2D eigenvalue weighted by atomic mass is 16.5. The first-order chi connectivity index (χ1) is 13.6. The molecule has 1 amide bonds. The lowest BCUT2D eigenvalue weighted by atomic mass is 9.96. The first-order valence-electron chi connectivity index (χ1n) is 9.59. The number of ether oxygens (including phenoxy) is 2. The Bertz CT molecular complexity index is 784. The first kappa shape index (κ1) is 19.9. The second-order valence-corrected chi connectivity index (χ2v) is 7.05. The SMILES string of the molecule is COc1ccc(CCN(C)C(=O)C2CCCN(c3cnccn3)C2)cc1OC. The average Bonchev–Trinajstić information content (AvgIpc) is 2.77. The van der Waals surface area contributed by atoms with Crippen LogP contribution in [-0.4, -0.2) is 61.7 Å². The number of piperidine rings is 1. The third-order valence-electron chi connectivity index (χ3n) is 5.20. The maximum absolute atomic E-state index is 12.9. The Morgan fingerprint density at radius 2 is 2.07 bits per heavy atom. The molecule has 7 heteroatoms. The number of nitrogens with zero attached hydrogens (tertiary/aromatic N) is 4. The van der Waals surface area contributed by atoms with E-state index in [0.717, 1.165) is 37.2 Å². The Morgan fingerprint density at radius 1 is 1.25 bits per heavy atom. The van der Waals surface area contributed by atoms with Crippen LogP contribution in [-0.2, 0) is 11.2 Å². The summed E-state index contributed by atoms with van der Waals surface area (Å²) in [7, 11) is 5.13. The Morgan fingerprint density at radius 3 is 2.79 bits per heavy atom. The van der Waals surface area contributed by atoms with Crippen molar-refractivity contribution in [3.63, 3.8) is 0 Å². The lowest BCUT2D eigenvalue weighted by Crippen LogP contribution is -2.44. The topological polar surface area (TPSA) is 67.8 Å². The number of anilines is 1. The Kier molecular flexibility index (Phi) is 6.68.